The molecule has 0 spiro atoms. The Morgan fingerprint density at radius 2 is 2.16 bits per heavy atom. The molecule has 1 atom stereocenters. The van der Waals surface area contributed by atoms with Crippen LogP contribution >= 0.6 is 0 Å². The fraction of sp³-hybridized carbons (Fsp3) is 0.500. The van der Waals surface area contributed by atoms with Crippen molar-refractivity contribution in [2.24, 2.45) is 5.92 Å². The van der Waals surface area contributed by atoms with Gasteiger partial charge in [0.25, 0.3) is 0 Å². The number of benzene rings is 1. The van der Waals surface area contributed by atoms with Crippen LogP contribution in [0.15, 0.2) is 29.2 Å². The average Bonchev–Trinajstić information content (AvgIpc) is 2.88. The third-order valence-corrected chi connectivity index (χ3v) is 5.49. The summed E-state index contributed by atoms with van der Waals surface area (Å²) in [6.45, 7) is 3.25. The van der Waals surface area contributed by atoms with E-state index >= 15 is 0 Å². The van der Waals surface area contributed by atoms with Crippen molar-refractivity contribution < 1.29 is 8.42 Å². The summed E-state index contributed by atoms with van der Waals surface area (Å²) in [5.41, 5.74) is 0.224. The van der Waals surface area contributed by atoms with Crippen LogP contribution in [0.3, 0.4) is 0 Å². The Kier molecular flexibility index (Phi) is 4.23. The van der Waals surface area contributed by atoms with Gasteiger partial charge in [0.1, 0.15) is 6.07 Å². The quantitative estimate of drug-likeness (QED) is 0.849. The molecule has 1 unspecified atom stereocenters. The topological polar surface area (TPSA) is 61.2 Å². The van der Waals surface area contributed by atoms with E-state index in [0.29, 0.717) is 19.0 Å². The van der Waals surface area contributed by atoms with Crippen molar-refractivity contribution >= 4 is 10.0 Å². The van der Waals surface area contributed by atoms with E-state index in [2.05, 4.69) is 6.92 Å². The van der Waals surface area contributed by atoms with Crippen molar-refractivity contribution in [3.8, 4) is 6.07 Å². The zero-order valence-electron chi connectivity index (χ0n) is 11.0. The Bertz CT molecular complexity index is 590. The van der Waals surface area contributed by atoms with Gasteiger partial charge in [-0.2, -0.15) is 9.57 Å². The molecule has 1 heterocycles. The molecule has 1 fully saturated rings. The Labute approximate surface area is 114 Å². The van der Waals surface area contributed by atoms with Crippen molar-refractivity contribution in [3.05, 3.63) is 29.8 Å². The van der Waals surface area contributed by atoms with Gasteiger partial charge in [0.2, 0.25) is 10.0 Å². The molecular formula is C14H18N2O2S. The molecule has 0 saturated carbocycles. The Hall–Kier alpha value is -1.38. The Morgan fingerprint density at radius 1 is 1.42 bits per heavy atom. The number of nitrogens with zero attached hydrogens (tertiary/aromatic N) is 2. The number of rotatable bonds is 4. The standard InChI is InChI=1S/C14H18N2O2S/c1-2-5-12-8-9-16(11-12)19(17,18)14-7-4-3-6-13(14)10-15/h3-4,6-7,12H,2,5,8-9,11H2,1H3. The van der Waals surface area contributed by atoms with Crippen molar-refractivity contribution in [2.45, 2.75) is 31.1 Å². The normalized spacial score (nSPS) is 20.3. The lowest BCUT2D eigenvalue weighted by Crippen LogP contribution is -2.29. The zero-order chi connectivity index (χ0) is 13.9. The zero-order valence-corrected chi connectivity index (χ0v) is 11.9. The van der Waals surface area contributed by atoms with Crippen LogP contribution in [0.1, 0.15) is 31.7 Å². The highest BCUT2D eigenvalue weighted by Crippen LogP contribution is 2.28. The van der Waals surface area contributed by atoms with Gasteiger partial charge in [-0.3, -0.25) is 0 Å². The maximum atomic E-state index is 12.5. The van der Waals surface area contributed by atoms with E-state index in [9.17, 15) is 8.42 Å². The largest absolute Gasteiger partial charge is 0.244 e. The summed E-state index contributed by atoms with van der Waals surface area (Å²) >= 11 is 0. The lowest BCUT2D eigenvalue weighted by molar-refractivity contribution is 0.444. The maximum absolute atomic E-state index is 12.5. The molecule has 1 aliphatic heterocycles. The molecule has 102 valence electrons. The van der Waals surface area contributed by atoms with E-state index in [1.54, 1.807) is 18.2 Å². The van der Waals surface area contributed by atoms with Gasteiger partial charge in [-0.15, -0.1) is 0 Å². The Balaban J connectivity index is 2.27. The fourth-order valence-electron chi connectivity index (χ4n) is 2.58. The number of hydrogen-bond acceptors (Lipinski definition) is 3. The predicted molar refractivity (Wildman–Crippen MR) is 72.9 cm³/mol. The molecule has 0 radical (unpaired) electrons. The highest BCUT2D eigenvalue weighted by atomic mass is 32.2. The summed E-state index contributed by atoms with van der Waals surface area (Å²) < 4.78 is 26.6. The molecule has 0 bridgehead atoms. The molecular weight excluding hydrogens is 260 g/mol. The summed E-state index contributed by atoms with van der Waals surface area (Å²) in [4.78, 5) is 0.134. The van der Waals surface area contributed by atoms with E-state index in [0.717, 1.165) is 19.3 Å². The van der Waals surface area contributed by atoms with Gasteiger partial charge in [-0.1, -0.05) is 25.5 Å². The van der Waals surface area contributed by atoms with Crippen LogP contribution in [0.5, 0.6) is 0 Å². The highest BCUT2D eigenvalue weighted by molar-refractivity contribution is 7.89. The average molecular weight is 278 g/mol. The van der Waals surface area contributed by atoms with Gasteiger partial charge in [0, 0.05) is 13.1 Å². The van der Waals surface area contributed by atoms with E-state index in [4.69, 9.17) is 5.26 Å². The van der Waals surface area contributed by atoms with Crippen molar-refractivity contribution in [1.29, 1.82) is 5.26 Å². The molecule has 2 rings (SSSR count). The van der Waals surface area contributed by atoms with Gasteiger partial charge < -0.3 is 0 Å². The molecule has 0 aliphatic carbocycles. The van der Waals surface area contributed by atoms with Crippen LogP contribution in [0.25, 0.3) is 0 Å². The Morgan fingerprint density at radius 3 is 2.84 bits per heavy atom. The molecule has 19 heavy (non-hydrogen) atoms. The maximum Gasteiger partial charge on any atom is 0.244 e. The second-order valence-electron chi connectivity index (χ2n) is 4.91. The van der Waals surface area contributed by atoms with E-state index < -0.39 is 10.0 Å². The first-order valence-electron chi connectivity index (χ1n) is 6.59. The van der Waals surface area contributed by atoms with Crippen LogP contribution in [-0.4, -0.2) is 25.8 Å². The molecule has 4 nitrogen and oxygen atoms in total. The molecule has 5 heteroatoms. The van der Waals surface area contributed by atoms with Crippen LogP contribution in [-0.2, 0) is 10.0 Å². The van der Waals surface area contributed by atoms with Crippen molar-refractivity contribution in [2.75, 3.05) is 13.1 Å². The SMILES string of the molecule is CCCC1CCN(S(=O)(=O)c2ccccc2C#N)C1. The van der Waals surface area contributed by atoms with Crippen LogP contribution in [0.2, 0.25) is 0 Å². The minimum Gasteiger partial charge on any atom is -0.207 e. The first-order valence-corrected chi connectivity index (χ1v) is 8.03. The molecule has 0 amide bonds. The minimum atomic E-state index is -3.52. The third-order valence-electron chi connectivity index (χ3n) is 3.57. The minimum absolute atomic E-state index is 0.134. The van der Waals surface area contributed by atoms with E-state index in [1.165, 1.54) is 10.4 Å². The van der Waals surface area contributed by atoms with Crippen LogP contribution in [0.4, 0.5) is 0 Å². The highest BCUT2D eigenvalue weighted by Gasteiger charge is 2.33. The summed E-state index contributed by atoms with van der Waals surface area (Å²) in [7, 11) is -3.52. The van der Waals surface area contributed by atoms with Gasteiger partial charge in [-0.05, 0) is 30.9 Å². The van der Waals surface area contributed by atoms with Crippen molar-refractivity contribution in [3.63, 3.8) is 0 Å². The van der Waals surface area contributed by atoms with Gasteiger partial charge in [0.15, 0.2) is 0 Å². The first kappa shape index (κ1) is 14.0. The van der Waals surface area contributed by atoms with E-state index in [-0.39, 0.29) is 10.5 Å². The predicted octanol–water partition coefficient (Wildman–Crippen LogP) is 2.37. The summed E-state index contributed by atoms with van der Waals surface area (Å²) in [5.74, 6) is 0.453. The lowest BCUT2D eigenvalue weighted by Gasteiger charge is -2.17. The molecule has 1 saturated heterocycles. The first-order chi connectivity index (χ1) is 9.09. The molecule has 1 aliphatic rings. The number of sulfonamides is 1. The number of hydrogen-bond donors (Lipinski definition) is 0. The van der Waals surface area contributed by atoms with Gasteiger partial charge in [-0.25, -0.2) is 8.42 Å². The molecule has 0 aromatic heterocycles. The van der Waals surface area contributed by atoms with Crippen molar-refractivity contribution in [1.82, 2.24) is 4.31 Å². The van der Waals surface area contributed by atoms with Crippen LogP contribution < -0.4 is 0 Å². The van der Waals surface area contributed by atoms with Gasteiger partial charge >= 0.3 is 0 Å². The van der Waals surface area contributed by atoms with Crippen LogP contribution in [0, 0.1) is 17.2 Å². The third kappa shape index (κ3) is 2.80. The smallest absolute Gasteiger partial charge is 0.207 e. The molecule has 1 aromatic carbocycles. The van der Waals surface area contributed by atoms with Gasteiger partial charge in [0.05, 0.1) is 10.5 Å². The summed E-state index contributed by atoms with van der Waals surface area (Å²) in [6.07, 6.45) is 3.06. The second-order valence-corrected chi connectivity index (χ2v) is 6.82. The monoisotopic (exact) mass is 278 g/mol. The fourth-order valence-corrected chi connectivity index (χ4v) is 4.26. The summed E-state index contributed by atoms with van der Waals surface area (Å²) in [5, 5.41) is 9.03. The molecule has 1 aromatic rings. The number of nitriles is 1. The summed E-state index contributed by atoms with van der Waals surface area (Å²) in [6, 6.07) is 8.36. The van der Waals surface area contributed by atoms with E-state index in [1.807, 2.05) is 6.07 Å². The second kappa shape index (κ2) is 5.72. The lowest BCUT2D eigenvalue weighted by atomic mass is 10.0. The molecule has 0 N–H and O–H groups in total.